The van der Waals surface area contributed by atoms with Gasteiger partial charge in [-0.05, 0) is 134 Å². The molecular formula is C46H47F3N4O5. The molecule has 302 valence electrons. The predicted molar refractivity (Wildman–Crippen MR) is 214 cm³/mol. The summed E-state index contributed by atoms with van der Waals surface area (Å²) < 4.78 is 46.0. The van der Waals surface area contributed by atoms with Crippen LogP contribution < -0.4 is 15.0 Å². The number of phenols is 1. The Morgan fingerprint density at radius 3 is 2.22 bits per heavy atom. The van der Waals surface area contributed by atoms with Crippen LogP contribution in [0.5, 0.6) is 11.5 Å². The van der Waals surface area contributed by atoms with E-state index in [0.29, 0.717) is 36.3 Å². The summed E-state index contributed by atoms with van der Waals surface area (Å²) in [6.07, 6.45) is 0.956. The summed E-state index contributed by atoms with van der Waals surface area (Å²) in [5, 5.41) is 12.8. The van der Waals surface area contributed by atoms with Crippen LogP contribution >= 0.6 is 0 Å². The van der Waals surface area contributed by atoms with E-state index < -0.39 is 29.6 Å². The van der Waals surface area contributed by atoms with Crippen molar-refractivity contribution in [2.45, 2.75) is 69.0 Å². The molecule has 4 aliphatic rings. The number of aromatic hydroxyl groups is 1. The van der Waals surface area contributed by atoms with Gasteiger partial charge in [0, 0.05) is 43.5 Å². The standard InChI is InChI=1S/C46H47F3N4O5/c1-29-5-20-41(43(55)50-29)53-44(56)39-18-13-34(28-40(39)45(53)57)52-24-22-51(23-25-52)21-3-2-4-26-58-36-15-8-31(9-16-36)42-37(17-10-32-27-35(54)14-19-38(32)42)30-6-11-33(12-7-30)46(47,48)49/h6-9,11-16,18-19,27-28,37,41-42,54H,1-5,10,17,20-26H2,(H,50,55)/t37-,41?,42+/m1/s1. The second kappa shape index (κ2) is 16.3. The number of carbonyl (C=O) groups excluding carboxylic acids is 3. The zero-order valence-corrected chi connectivity index (χ0v) is 32.3. The number of ether oxygens (including phenoxy) is 1. The first-order chi connectivity index (χ1) is 27.9. The Bertz CT molecular complexity index is 2200. The number of piperidine rings is 1. The van der Waals surface area contributed by atoms with Crippen molar-refractivity contribution in [3.05, 3.63) is 136 Å². The average Bonchev–Trinajstić information content (AvgIpc) is 3.46. The van der Waals surface area contributed by atoms with Gasteiger partial charge in [-0.2, -0.15) is 13.2 Å². The highest BCUT2D eigenvalue weighted by Gasteiger charge is 2.44. The zero-order valence-electron chi connectivity index (χ0n) is 32.3. The van der Waals surface area contributed by atoms with E-state index in [-0.39, 0.29) is 23.5 Å². The fourth-order valence-electron chi connectivity index (χ4n) is 9.04. The molecule has 1 aliphatic carbocycles. The summed E-state index contributed by atoms with van der Waals surface area (Å²) in [5.74, 6) is -0.339. The number of alkyl halides is 3. The summed E-state index contributed by atoms with van der Waals surface area (Å²) in [5.41, 5.74) is 5.57. The van der Waals surface area contributed by atoms with Gasteiger partial charge in [-0.15, -0.1) is 0 Å². The number of anilines is 1. The topological polar surface area (TPSA) is 102 Å². The summed E-state index contributed by atoms with van der Waals surface area (Å²) in [6, 6.07) is 23.5. The van der Waals surface area contributed by atoms with Crippen molar-refractivity contribution >= 4 is 23.4 Å². The minimum Gasteiger partial charge on any atom is -0.508 e. The van der Waals surface area contributed by atoms with E-state index in [2.05, 4.69) is 21.7 Å². The number of hydrogen-bond donors (Lipinski definition) is 2. The van der Waals surface area contributed by atoms with Crippen LogP contribution in [-0.4, -0.2) is 78.0 Å². The van der Waals surface area contributed by atoms with Crippen LogP contribution in [0.25, 0.3) is 0 Å². The first kappa shape index (κ1) is 39.2. The lowest BCUT2D eigenvalue weighted by Crippen LogP contribution is -2.51. The molecule has 2 fully saturated rings. The second-order valence-electron chi connectivity index (χ2n) is 15.8. The third-order valence-electron chi connectivity index (χ3n) is 12.2. The van der Waals surface area contributed by atoms with Crippen LogP contribution in [0.3, 0.4) is 0 Å². The van der Waals surface area contributed by atoms with Gasteiger partial charge in [-0.1, -0.05) is 36.9 Å². The molecule has 2 N–H and O–H groups in total. The van der Waals surface area contributed by atoms with Gasteiger partial charge in [0.05, 0.1) is 23.3 Å². The predicted octanol–water partition coefficient (Wildman–Crippen LogP) is 8.03. The first-order valence-corrected chi connectivity index (χ1v) is 20.1. The number of allylic oxidation sites excluding steroid dienone is 1. The Balaban J connectivity index is 0.795. The van der Waals surface area contributed by atoms with E-state index in [9.17, 15) is 32.7 Å². The van der Waals surface area contributed by atoms with Crippen molar-refractivity contribution in [3.8, 4) is 11.5 Å². The maximum atomic E-state index is 13.3. The van der Waals surface area contributed by atoms with Crippen molar-refractivity contribution in [1.82, 2.24) is 15.1 Å². The van der Waals surface area contributed by atoms with E-state index >= 15 is 0 Å². The molecule has 2 saturated heterocycles. The van der Waals surface area contributed by atoms with Gasteiger partial charge < -0.3 is 20.1 Å². The maximum absolute atomic E-state index is 13.3. The highest BCUT2D eigenvalue weighted by atomic mass is 19.4. The maximum Gasteiger partial charge on any atom is 0.416 e. The summed E-state index contributed by atoms with van der Waals surface area (Å²) in [4.78, 5) is 44.8. The Morgan fingerprint density at radius 1 is 0.776 bits per heavy atom. The first-order valence-electron chi connectivity index (χ1n) is 20.1. The number of benzene rings is 4. The number of nitrogens with one attached hydrogen (secondary N) is 1. The smallest absolute Gasteiger partial charge is 0.416 e. The van der Waals surface area contributed by atoms with E-state index in [0.717, 1.165) is 116 Å². The lowest BCUT2D eigenvalue weighted by atomic mass is 9.69. The highest BCUT2D eigenvalue weighted by Crippen LogP contribution is 2.47. The molecule has 4 aromatic carbocycles. The Morgan fingerprint density at radius 2 is 1.50 bits per heavy atom. The third-order valence-corrected chi connectivity index (χ3v) is 12.2. The van der Waals surface area contributed by atoms with Crippen molar-refractivity contribution < 1.29 is 37.4 Å². The molecule has 0 bridgehead atoms. The fourth-order valence-corrected chi connectivity index (χ4v) is 9.04. The second-order valence-corrected chi connectivity index (χ2v) is 15.8. The molecule has 3 heterocycles. The van der Waals surface area contributed by atoms with Crippen LogP contribution in [0.2, 0.25) is 0 Å². The number of unbranched alkanes of at least 4 members (excludes halogenated alkanes) is 2. The molecule has 4 aromatic rings. The van der Waals surface area contributed by atoms with E-state index in [1.807, 2.05) is 36.4 Å². The Kier molecular flexibility index (Phi) is 11.0. The van der Waals surface area contributed by atoms with Gasteiger partial charge >= 0.3 is 6.18 Å². The molecule has 58 heavy (non-hydrogen) atoms. The molecule has 0 spiro atoms. The average molecular weight is 793 g/mol. The SMILES string of the molecule is C=C1CCC(N2C(=O)c3ccc(N4CCN(CCCCCOc5ccc([C@@H]6c7ccc(O)cc7CC[C@@H]6c6ccc(C(F)(F)F)cc6)cc5)CC4)cc3C2=O)C(=O)N1. The van der Waals surface area contributed by atoms with E-state index in [1.54, 1.807) is 36.4 Å². The fraction of sp³-hybridized carbons (Fsp3) is 0.370. The number of phenolic OH excluding ortho intramolecular Hbond substituents is 1. The number of amides is 3. The summed E-state index contributed by atoms with van der Waals surface area (Å²) in [6.45, 7) is 8.73. The van der Waals surface area contributed by atoms with Gasteiger partial charge in [0.25, 0.3) is 11.8 Å². The van der Waals surface area contributed by atoms with Crippen molar-refractivity contribution in [2.24, 2.45) is 0 Å². The van der Waals surface area contributed by atoms with Gasteiger partial charge in [0.15, 0.2) is 0 Å². The number of rotatable bonds is 11. The Labute approximate surface area is 336 Å². The number of fused-ring (bicyclic) bond motifs is 2. The molecule has 12 heteroatoms. The minimum absolute atomic E-state index is 0.0166. The Hall–Kier alpha value is -5.62. The molecule has 0 saturated carbocycles. The molecule has 0 aromatic heterocycles. The molecule has 3 atom stereocenters. The minimum atomic E-state index is -4.39. The van der Waals surface area contributed by atoms with Crippen LogP contribution in [0, 0.1) is 0 Å². The van der Waals surface area contributed by atoms with Gasteiger partial charge in [-0.3, -0.25) is 24.2 Å². The van der Waals surface area contributed by atoms with Crippen LogP contribution in [0.1, 0.15) is 98.9 Å². The van der Waals surface area contributed by atoms with E-state index in [1.165, 1.54) is 0 Å². The largest absolute Gasteiger partial charge is 0.508 e. The quantitative estimate of drug-likeness (QED) is 0.117. The summed E-state index contributed by atoms with van der Waals surface area (Å²) >= 11 is 0. The molecule has 9 nitrogen and oxygen atoms in total. The molecule has 0 radical (unpaired) electrons. The molecule has 3 amide bonds. The molecule has 3 aliphatic heterocycles. The van der Waals surface area contributed by atoms with Crippen molar-refractivity contribution in [3.63, 3.8) is 0 Å². The van der Waals surface area contributed by atoms with Gasteiger partial charge in [0.2, 0.25) is 5.91 Å². The monoisotopic (exact) mass is 792 g/mol. The number of hydrogen-bond acceptors (Lipinski definition) is 7. The van der Waals surface area contributed by atoms with Crippen LogP contribution in [-0.2, 0) is 17.4 Å². The highest BCUT2D eigenvalue weighted by molar-refractivity contribution is 6.23. The normalized spacial score (nSPS) is 21.2. The van der Waals surface area contributed by atoms with Gasteiger partial charge in [-0.25, -0.2) is 0 Å². The number of carbonyl (C=O) groups is 3. The molecule has 1 unspecified atom stereocenters. The lowest BCUT2D eigenvalue weighted by molar-refractivity contribution is -0.137. The number of imide groups is 1. The number of piperazine rings is 1. The summed E-state index contributed by atoms with van der Waals surface area (Å²) in [7, 11) is 0. The third kappa shape index (κ3) is 8.07. The van der Waals surface area contributed by atoms with Crippen LogP contribution in [0.4, 0.5) is 18.9 Å². The van der Waals surface area contributed by atoms with Crippen molar-refractivity contribution in [1.29, 1.82) is 0 Å². The zero-order chi connectivity index (χ0) is 40.6. The van der Waals surface area contributed by atoms with E-state index in [4.69, 9.17) is 4.74 Å². The van der Waals surface area contributed by atoms with Crippen LogP contribution in [0.15, 0.2) is 97.2 Å². The molecular weight excluding hydrogens is 746 g/mol. The molecule has 8 rings (SSSR count). The van der Waals surface area contributed by atoms with Gasteiger partial charge in [0.1, 0.15) is 17.5 Å². The number of aryl methyl sites for hydroxylation is 1. The number of nitrogens with zero attached hydrogens (tertiary/aromatic N) is 3. The lowest BCUT2D eigenvalue weighted by Gasteiger charge is -2.36. The van der Waals surface area contributed by atoms with Crippen molar-refractivity contribution in [2.75, 3.05) is 44.2 Å². The number of halogens is 3.